The van der Waals surface area contributed by atoms with Crippen molar-refractivity contribution in [1.82, 2.24) is 0 Å². The Bertz CT molecular complexity index is 825. The second-order valence-electron chi connectivity index (χ2n) is 6.10. The Morgan fingerprint density at radius 2 is 1.56 bits per heavy atom. The molecule has 0 spiro atoms. The highest BCUT2D eigenvalue weighted by Gasteiger charge is 2.05. The van der Waals surface area contributed by atoms with Crippen molar-refractivity contribution in [2.75, 3.05) is 0 Å². The van der Waals surface area contributed by atoms with E-state index in [1.807, 2.05) is 36.4 Å². The lowest BCUT2D eigenvalue weighted by Crippen LogP contribution is -2.00. The summed E-state index contributed by atoms with van der Waals surface area (Å²) < 4.78 is 5.92. The van der Waals surface area contributed by atoms with Gasteiger partial charge in [0, 0.05) is 5.71 Å². The molecule has 0 aliphatic carbocycles. The van der Waals surface area contributed by atoms with Crippen LogP contribution in [0.25, 0.3) is 0 Å². The van der Waals surface area contributed by atoms with E-state index in [1.165, 1.54) is 5.56 Å². The van der Waals surface area contributed by atoms with E-state index in [1.54, 1.807) is 0 Å². The van der Waals surface area contributed by atoms with Gasteiger partial charge in [-0.25, -0.2) is 0 Å². The number of aliphatic imine (C=N–C) groups is 1. The number of hydrogen-bond donors (Lipinski definition) is 0. The van der Waals surface area contributed by atoms with Crippen LogP contribution in [0.2, 0.25) is 0 Å². The summed E-state index contributed by atoms with van der Waals surface area (Å²) in [4.78, 5) is 4.84. The zero-order chi connectivity index (χ0) is 17.5. The average Bonchev–Trinajstić information content (AvgIpc) is 2.68. The molecule has 3 rings (SSSR count). The summed E-state index contributed by atoms with van der Waals surface area (Å²) in [6.07, 6.45) is 0. The number of benzene rings is 3. The minimum atomic E-state index is 0.134. The quantitative estimate of drug-likeness (QED) is 0.521. The third kappa shape index (κ3) is 4.80. The predicted molar refractivity (Wildman–Crippen MR) is 104 cm³/mol. The molecule has 25 heavy (non-hydrogen) atoms. The SMILES string of the molecule is CC(=N[C@@H](C)c1ccccc1)c1cccc(OCc2ccccc2)c1. The normalized spacial score (nSPS) is 12.6. The minimum absolute atomic E-state index is 0.134. The topological polar surface area (TPSA) is 21.6 Å². The Balaban J connectivity index is 1.71. The molecule has 0 aliphatic heterocycles. The minimum Gasteiger partial charge on any atom is -0.489 e. The third-order valence-corrected chi connectivity index (χ3v) is 4.17. The van der Waals surface area contributed by atoms with Crippen LogP contribution in [0.15, 0.2) is 89.9 Å². The Labute approximate surface area is 149 Å². The predicted octanol–water partition coefficient (Wildman–Crippen LogP) is 5.84. The van der Waals surface area contributed by atoms with Crippen LogP contribution in [-0.4, -0.2) is 5.71 Å². The van der Waals surface area contributed by atoms with E-state index in [4.69, 9.17) is 9.73 Å². The second kappa shape index (κ2) is 8.29. The first-order valence-corrected chi connectivity index (χ1v) is 8.59. The first kappa shape index (κ1) is 17.0. The fourth-order valence-electron chi connectivity index (χ4n) is 2.72. The van der Waals surface area contributed by atoms with Crippen LogP contribution in [0.5, 0.6) is 5.75 Å². The first-order valence-electron chi connectivity index (χ1n) is 8.59. The van der Waals surface area contributed by atoms with Gasteiger partial charge < -0.3 is 4.74 Å². The van der Waals surface area contributed by atoms with E-state index in [-0.39, 0.29) is 6.04 Å². The zero-order valence-electron chi connectivity index (χ0n) is 14.7. The monoisotopic (exact) mass is 329 g/mol. The molecule has 3 aromatic carbocycles. The van der Waals surface area contributed by atoms with Gasteiger partial charge in [-0.1, -0.05) is 72.8 Å². The van der Waals surface area contributed by atoms with Crippen LogP contribution in [0.4, 0.5) is 0 Å². The van der Waals surface area contributed by atoms with Crippen molar-refractivity contribution < 1.29 is 4.74 Å². The van der Waals surface area contributed by atoms with Crippen LogP contribution < -0.4 is 4.74 Å². The molecule has 3 aromatic rings. The average molecular weight is 329 g/mol. The number of ether oxygens (including phenoxy) is 1. The van der Waals surface area contributed by atoms with Crippen molar-refractivity contribution in [2.45, 2.75) is 26.5 Å². The van der Waals surface area contributed by atoms with Gasteiger partial charge in [-0.15, -0.1) is 0 Å². The molecule has 0 N–H and O–H groups in total. The number of rotatable bonds is 6. The van der Waals surface area contributed by atoms with E-state index in [9.17, 15) is 0 Å². The van der Waals surface area contributed by atoms with Crippen LogP contribution in [0.1, 0.15) is 36.6 Å². The summed E-state index contributed by atoms with van der Waals surface area (Å²) in [6.45, 7) is 4.74. The molecule has 0 radical (unpaired) electrons. The Morgan fingerprint density at radius 3 is 2.28 bits per heavy atom. The van der Waals surface area contributed by atoms with Crippen molar-refractivity contribution in [3.8, 4) is 5.75 Å². The van der Waals surface area contributed by atoms with Crippen molar-refractivity contribution >= 4 is 5.71 Å². The van der Waals surface area contributed by atoms with Crippen molar-refractivity contribution in [2.24, 2.45) is 4.99 Å². The zero-order valence-corrected chi connectivity index (χ0v) is 14.7. The molecule has 1 atom stereocenters. The van der Waals surface area contributed by atoms with Gasteiger partial charge in [0.1, 0.15) is 12.4 Å². The fourth-order valence-corrected chi connectivity index (χ4v) is 2.72. The highest BCUT2D eigenvalue weighted by molar-refractivity contribution is 5.99. The molecule has 0 aromatic heterocycles. The molecule has 0 saturated carbocycles. The van der Waals surface area contributed by atoms with Gasteiger partial charge in [0.05, 0.1) is 6.04 Å². The van der Waals surface area contributed by atoms with Crippen LogP contribution in [-0.2, 0) is 6.61 Å². The van der Waals surface area contributed by atoms with E-state index >= 15 is 0 Å². The summed E-state index contributed by atoms with van der Waals surface area (Å²) in [5.74, 6) is 0.864. The molecule has 0 aliphatic rings. The molecule has 126 valence electrons. The lowest BCUT2D eigenvalue weighted by molar-refractivity contribution is 0.306. The van der Waals surface area contributed by atoms with Gasteiger partial charge in [0.25, 0.3) is 0 Å². The molecule has 0 fully saturated rings. The van der Waals surface area contributed by atoms with Gasteiger partial charge in [0.15, 0.2) is 0 Å². The van der Waals surface area contributed by atoms with Gasteiger partial charge in [-0.3, -0.25) is 4.99 Å². The maximum atomic E-state index is 5.92. The summed E-state index contributed by atoms with van der Waals surface area (Å²) in [7, 11) is 0. The molecule has 0 amide bonds. The Morgan fingerprint density at radius 1 is 0.880 bits per heavy atom. The van der Waals surface area contributed by atoms with Crippen molar-refractivity contribution in [3.05, 3.63) is 102 Å². The number of hydrogen-bond acceptors (Lipinski definition) is 2. The molecule has 2 heteroatoms. The molecular weight excluding hydrogens is 306 g/mol. The summed E-state index contributed by atoms with van der Waals surface area (Å²) in [5, 5.41) is 0. The van der Waals surface area contributed by atoms with Crippen molar-refractivity contribution in [1.29, 1.82) is 0 Å². The summed E-state index contributed by atoms with van der Waals surface area (Å²) in [6, 6.07) is 28.8. The molecule has 0 heterocycles. The number of nitrogens with zero attached hydrogens (tertiary/aromatic N) is 1. The smallest absolute Gasteiger partial charge is 0.120 e. The van der Waals surface area contributed by atoms with E-state index in [0.29, 0.717) is 6.61 Å². The van der Waals surface area contributed by atoms with E-state index < -0.39 is 0 Å². The van der Waals surface area contributed by atoms with Crippen LogP contribution >= 0.6 is 0 Å². The van der Waals surface area contributed by atoms with Crippen LogP contribution in [0.3, 0.4) is 0 Å². The largest absolute Gasteiger partial charge is 0.489 e. The lowest BCUT2D eigenvalue weighted by Gasteiger charge is -2.11. The fraction of sp³-hybridized carbons (Fsp3) is 0.174. The first-order chi connectivity index (χ1) is 12.2. The molecule has 0 bridgehead atoms. The molecular formula is C23H23NO. The standard InChI is InChI=1S/C23H23NO/c1-18(21-12-7-4-8-13-21)24-19(2)22-14-9-15-23(16-22)25-17-20-10-5-3-6-11-20/h3-16,18H,17H2,1-2H3/t18-/m0/s1. The third-order valence-electron chi connectivity index (χ3n) is 4.17. The summed E-state index contributed by atoms with van der Waals surface area (Å²) in [5.41, 5.74) is 4.49. The van der Waals surface area contributed by atoms with Gasteiger partial charge in [-0.2, -0.15) is 0 Å². The lowest BCUT2D eigenvalue weighted by atomic mass is 10.1. The maximum Gasteiger partial charge on any atom is 0.120 e. The second-order valence-corrected chi connectivity index (χ2v) is 6.10. The maximum absolute atomic E-state index is 5.92. The van der Waals surface area contributed by atoms with Crippen LogP contribution in [0, 0.1) is 0 Å². The Kier molecular flexibility index (Phi) is 5.63. The Hall–Kier alpha value is -2.87. The highest BCUT2D eigenvalue weighted by atomic mass is 16.5. The van der Waals surface area contributed by atoms with E-state index in [2.05, 4.69) is 62.4 Å². The van der Waals surface area contributed by atoms with Gasteiger partial charge in [-0.05, 0) is 42.7 Å². The molecule has 2 nitrogen and oxygen atoms in total. The van der Waals surface area contributed by atoms with Gasteiger partial charge >= 0.3 is 0 Å². The molecule has 0 saturated heterocycles. The van der Waals surface area contributed by atoms with Gasteiger partial charge in [0.2, 0.25) is 0 Å². The van der Waals surface area contributed by atoms with E-state index in [0.717, 1.165) is 22.6 Å². The molecule has 0 unspecified atom stereocenters. The van der Waals surface area contributed by atoms with Crippen molar-refractivity contribution in [3.63, 3.8) is 0 Å². The summed E-state index contributed by atoms with van der Waals surface area (Å²) >= 11 is 0. The highest BCUT2D eigenvalue weighted by Crippen LogP contribution is 2.20.